The minimum Gasteiger partial charge on any atom is -0.379 e. The van der Waals surface area contributed by atoms with Crippen LogP contribution in [0.25, 0.3) is 11.3 Å². The number of allylic oxidation sites excluding steroid dienone is 2. The highest BCUT2D eigenvalue weighted by Crippen LogP contribution is 2.37. The Hall–Kier alpha value is -3.60. The van der Waals surface area contributed by atoms with E-state index in [1.54, 1.807) is 6.20 Å². The average molecular weight is 532 g/mol. The minimum atomic E-state index is -0.0664. The van der Waals surface area contributed by atoms with Gasteiger partial charge in [-0.1, -0.05) is 18.2 Å². The molecule has 0 atom stereocenters. The maximum absolute atomic E-state index is 12.8. The lowest BCUT2D eigenvalue weighted by molar-refractivity contribution is 0.0383. The van der Waals surface area contributed by atoms with Gasteiger partial charge in [-0.3, -0.25) is 14.7 Å². The van der Waals surface area contributed by atoms with E-state index in [4.69, 9.17) is 19.4 Å². The van der Waals surface area contributed by atoms with Crippen molar-refractivity contribution in [3.63, 3.8) is 0 Å². The van der Waals surface area contributed by atoms with Crippen molar-refractivity contribution >= 4 is 24.4 Å². The third-order valence-electron chi connectivity index (χ3n) is 7.30. The van der Waals surface area contributed by atoms with E-state index in [0.717, 1.165) is 87.2 Å². The maximum Gasteiger partial charge on any atom is 0.251 e. The lowest BCUT2D eigenvalue weighted by atomic mass is 10.0. The van der Waals surface area contributed by atoms with Crippen molar-refractivity contribution in [3.05, 3.63) is 59.4 Å². The van der Waals surface area contributed by atoms with Gasteiger partial charge >= 0.3 is 0 Å². The molecule has 2 saturated heterocycles. The average Bonchev–Trinajstić information content (AvgIpc) is 3.42. The molecule has 1 N–H and O–H groups in total. The summed E-state index contributed by atoms with van der Waals surface area (Å²) >= 11 is 0. The van der Waals surface area contributed by atoms with Crippen LogP contribution in [0.3, 0.4) is 0 Å². The second-order valence-corrected chi connectivity index (χ2v) is 9.67. The fourth-order valence-electron chi connectivity index (χ4n) is 5.14. The Morgan fingerprint density at radius 1 is 1.05 bits per heavy atom. The van der Waals surface area contributed by atoms with Crippen molar-refractivity contribution in [1.29, 1.82) is 0 Å². The summed E-state index contributed by atoms with van der Waals surface area (Å²) < 4.78 is 11.0. The summed E-state index contributed by atoms with van der Waals surface area (Å²) in [7, 11) is 0. The zero-order valence-electron chi connectivity index (χ0n) is 22.6. The number of carbonyl (C=O) groups excluding carboxylic acids is 1. The van der Waals surface area contributed by atoms with Gasteiger partial charge in [-0.15, -0.1) is 0 Å². The molecule has 0 bridgehead atoms. The topological polar surface area (TPSA) is 95.4 Å². The number of aliphatic imine (C=N–C) groups is 1. The number of hydrogen-bond acceptors (Lipinski definition) is 9. The lowest BCUT2D eigenvalue weighted by Crippen LogP contribution is -2.41. The molecule has 3 aliphatic rings. The number of benzene rings is 1. The quantitative estimate of drug-likeness (QED) is 0.390. The Morgan fingerprint density at radius 3 is 2.46 bits per heavy atom. The summed E-state index contributed by atoms with van der Waals surface area (Å²) in [6.45, 7) is 14.0. The molecular weight excluding hydrogens is 494 g/mol. The number of amides is 1. The van der Waals surface area contributed by atoms with Crippen LogP contribution in [-0.2, 0) is 15.9 Å². The Balaban J connectivity index is 1.38. The summed E-state index contributed by atoms with van der Waals surface area (Å²) in [5, 5.41) is 3.04. The van der Waals surface area contributed by atoms with Gasteiger partial charge in [0.25, 0.3) is 5.91 Å². The number of rotatable bonds is 9. The monoisotopic (exact) mass is 531 g/mol. The molecular formula is C29H37N7O3. The Bertz CT molecular complexity index is 1220. The second kappa shape index (κ2) is 13.0. The number of aromatic nitrogens is 2. The normalized spacial score (nSPS) is 18.4. The van der Waals surface area contributed by atoms with Crippen molar-refractivity contribution in [2.75, 3.05) is 82.0 Å². The van der Waals surface area contributed by atoms with E-state index < -0.39 is 0 Å². The van der Waals surface area contributed by atoms with E-state index in [1.165, 1.54) is 0 Å². The van der Waals surface area contributed by atoms with Crippen molar-refractivity contribution in [2.45, 2.75) is 13.3 Å². The van der Waals surface area contributed by atoms with Crippen molar-refractivity contribution in [3.8, 4) is 11.3 Å². The number of nitrogens with zero attached hydrogens (tertiary/aromatic N) is 6. The van der Waals surface area contributed by atoms with Crippen LogP contribution in [-0.4, -0.2) is 99.7 Å². The highest BCUT2D eigenvalue weighted by atomic mass is 16.5. The third-order valence-corrected chi connectivity index (χ3v) is 7.30. The van der Waals surface area contributed by atoms with Crippen molar-refractivity contribution in [1.82, 2.24) is 20.2 Å². The smallest absolute Gasteiger partial charge is 0.251 e. The van der Waals surface area contributed by atoms with E-state index in [-0.39, 0.29) is 5.91 Å². The van der Waals surface area contributed by atoms with Gasteiger partial charge in [-0.05, 0) is 38.3 Å². The molecule has 4 heterocycles. The van der Waals surface area contributed by atoms with Gasteiger partial charge in [-0.25, -0.2) is 4.98 Å². The number of anilines is 2. The molecule has 0 saturated carbocycles. The first-order valence-corrected chi connectivity index (χ1v) is 13.7. The summed E-state index contributed by atoms with van der Waals surface area (Å²) in [5.74, 6) is 1.54. The fraction of sp³-hybridized carbons (Fsp3) is 0.448. The van der Waals surface area contributed by atoms with Gasteiger partial charge in [0.05, 0.1) is 32.1 Å². The zero-order valence-corrected chi connectivity index (χ0v) is 22.6. The molecule has 2 fully saturated rings. The van der Waals surface area contributed by atoms with Gasteiger partial charge in [0.15, 0.2) is 0 Å². The molecule has 206 valence electrons. The molecule has 0 unspecified atom stereocenters. The Morgan fingerprint density at radius 2 is 1.77 bits per heavy atom. The first kappa shape index (κ1) is 27.0. The summed E-state index contributed by atoms with van der Waals surface area (Å²) in [5.41, 5.74) is 4.64. The Kier molecular flexibility index (Phi) is 8.97. The first-order chi connectivity index (χ1) is 19.2. The van der Waals surface area contributed by atoms with Crippen molar-refractivity contribution in [2.24, 2.45) is 4.99 Å². The van der Waals surface area contributed by atoms with Gasteiger partial charge in [-0.2, -0.15) is 4.98 Å². The summed E-state index contributed by atoms with van der Waals surface area (Å²) in [4.78, 5) is 33.4. The van der Waals surface area contributed by atoms with Crippen LogP contribution in [0.15, 0.2) is 53.3 Å². The Labute approximate surface area is 230 Å². The standard InChI is InChI=1S/C29H37N7O3/c1-3-24(8-10-30-2)36-12-9-25-26(32-29(33-27(25)36)35-16-20-39-21-17-35)22-4-6-23(7-5-22)28(37)31-11-13-34-14-18-38-19-15-34/h3-8,10H,2,9,11-21H2,1H3,(H,31,37)/b10-8-,24-3+. The highest BCUT2D eigenvalue weighted by Gasteiger charge is 2.29. The number of morpholine rings is 2. The molecule has 5 rings (SSSR count). The molecule has 2 aromatic rings. The maximum atomic E-state index is 12.8. The predicted molar refractivity (Wildman–Crippen MR) is 154 cm³/mol. The molecule has 10 nitrogen and oxygen atoms in total. The van der Waals surface area contributed by atoms with Gasteiger partial charge < -0.3 is 24.6 Å². The van der Waals surface area contributed by atoms with E-state index in [1.807, 2.05) is 37.3 Å². The van der Waals surface area contributed by atoms with Crippen LogP contribution in [0.1, 0.15) is 22.8 Å². The number of hydrogen-bond donors (Lipinski definition) is 1. The van der Waals surface area contributed by atoms with E-state index in [0.29, 0.717) is 31.3 Å². The van der Waals surface area contributed by atoms with Gasteiger partial charge in [0.1, 0.15) is 5.82 Å². The van der Waals surface area contributed by atoms with Gasteiger partial charge in [0.2, 0.25) is 5.95 Å². The van der Waals surface area contributed by atoms with E-state index in [2.05, 4.69) is 37.8 Å². The largest absolute Gasteiger partial charge is 0.379 e. The zero-order chi connectivity index (χ0) is 27.0. The van der Waals surface area contributed by atoms with Crippen LogP contribution in [0.5, 0.6) is 0 Å². The van der Waals surface area contributed by atoms with Crippen LogP contribution in [0, 0.1) is 0 Å². The first-order valence-electron chi connectivity index (χ1n) is 13.7. The second-order valence-electron chi connectivity index (χ2n) is 9.67. The molecule has 1 aromatic carbocycles. The number of ether oxygens (including phenoxy) is 2. The lowest BCUT2D eigenvalue weighted by Gasteiger charge is -2.28. The minimum absolute atomic E-state index is 0.0664. The molecule has 39 heavy (non-hydrogen) atoms. The molecule has 1 amide bonds. The number of carbonyl (C=O) groups is 1. The van der Waals surface area contributed by atoms with Crippen LogP contribution in [0.2, 0.25) is 0 Å². The SMILES string of the molecule is C=N/C=C\C(=C/C)N1CCc2c(-c3ccc(C(=O)NCCN4CCOCC4)cc3)nc(N3CCOCC3)nc21. The molecule has 3 aliphatic heterocycles. The fourth-order valence-corrected chi connectivity index (χ4v) is 5.14. The van der Waals surface area contributed by atoms with Crippen LogP contribution < -0.4 is 15.1 Å². The van der Waals surface area contributed by atoms with Crippen LogP contribution in [0.4, 0.5) is 11.8 Å². The number of nitrogens with one attached hydrogen (secondary N) is 1. The highest BCUT2D eigenvalue weighted by molar-refractivity contribution is 5.94. The molecule has 1 aromatic heterocycles. The molecule has 0 aliphatic carbocycles. The number of fused-ring (bicyclic) bond motifs is 1. The molecule has 10 heteroatoms. The van der Waals surface area contributed by atoms with Gasteiger partial charge in [0, 0.05) is 74.4 Å². The predicted octanol–water partition coefficient (Wildman–Crippen LogP) is 2.52. The van der Waals surface area contributed by atoms with Crippen molar-refractivity contribution < 1.29 is 14.3 Å². The molecule has 0 radical (unpaired) electrons. The summed E-state index contributed by atoms with van der Waals surface area (Å²) in [6.07, 6.45) is 6.53. The van der Waals surface area contributed by atoms with E-state index in [9.17, 15) is 4.79 Å². The summed E-state index contributed by atoms with van der Waals surface area (Å²) in [6, 6.07) is 7.74. The third kappa shape index (κ3) is 6.35. The molecule has 0 spiro atoms. The van der Waals surface area contributed by atoms with Crippen LogP contribution >= 0.6 is 0 Å². The van der Waals surface area contributed by atoms with E-state index >= 15 is 0 Å².